The number of carbonyl (C=O) groups is 3. The predicted molar refractivity (Wildman–Crippen MR) is 98.9 cm³/mol. The van der Waals surface area contributed by atoms with Gasteiger partial charge in [0, 0.05) is 38.6 Å². The van der Waals surface area contributed by atoms with Crippen LogP contribution in [0.15, 0.2) is 24.5 Å². The van der Waals surface area contributed by atoms with E-state index >= 15 is 0 Å². The largest absolute Gasteiger partial charge is 0.465 e. The highest BCUT2D eigenvalue weighted by atomic mass is 16.4. The molecule has 0 saturated carbocycles. The van der Waals surface area contributed by atoms with E-state index in [1.54, 1.807) is 18.5 Å². The lowest BCUT2D eigenvalue weighted by Gasteiger charge is -2.32. The van der Waals surface area contributed by atoms with Crippen LogP contribution in [-0.2, 0) is 16.1 Å². The second-order valence-corrected chi connectivity index (χ2v) is 7.01. The molecule has 1 saturated heterocycles. The SMILES string of the molecule is CC(C)C[C@H](NC(=O)[C@@H]1CN(C(=O)O)CCN1)C(=O)NCc1cccnc1. The zero-order valence-corrected chi connectivity index (χ0v) is 15.6. The van der Waals surface area contributed by atoms with Crippen LogP contribution in [0.1, 0.15) is 25.8 Å². The van der Waals surface area contributed by atoms with Crippen molar-refractivity contribution in [1.29, 1.82) is 0 Å². The van der Waals surface area contributed by atoms with Crippen LogP contribution in [0, 0.1) is 5.92 Å². The Labute approximate surface area is 158 Å². The highest BCUT2D eigenvalue weighted by Gasteiger charge is 2.30. The van der Waals surface area contributed by atoms with Crippen LogP contribution in [-0.4, -0.2) is 64.6 Å². The molecule has 1 aromatic heterocycles. The van der Waals surface area contributed by atoms with Crippen molar-refractivity contribution in [3.8, 4) is 0 Å². The number of nitrogens with one attached hydrogen (secondary N) is 3. The van der Waals surface area contributed by atoms with E-state index in [0.29, 0.717) is 26.1 Å². The summed E-state index contributed by atoms with van der Waals surface area (Å²) in [5, 5.41) is 17.7. The van der Waals surface area contributed by atoms with Crippen LogP contribution in [0.4, 0.5) is 4.79 Å². The molecule has 1 aliphatic rings. The monoisotopic (exact) mass is 377 g/mol. The van der Waals surface area contributed by atoms with Crippen LogP contribution in [0.25, 0.3) is 0 Å². The summed E-state index contributed by atoms with van der Waals surface area (Å²) in [7, 11) is 0. The van der Waals surface area contributed by atoms with Gasteiger partial charge in [0.1, 0.15) is 12.1 Å². The van der Waals surface area contributed by atoms with Gasteiger partial charge in [0.25, 0.3) is 0 Å². The molecule has 2 atom stereocenters. The maximum absolute atomic E-state index is 12.6. The molecule has 148 valence electrons. The van der Waals surface area contributed by atoms with Crippen LogP contribution in [0.5, 0.6) is 0 Å². The summed E-state index contributed by atoms with van der Waals surface area (Å²) in [5.74, 6) is -0.441. The normalized spacial score (nSPS) is 18.0. The zero-order valence-electron chi connectivity index (χ0n) is 15.6. The topological polar surface area (TPSA) is 124 Å². The minimum atomic E-state index is -1.05. The number of carbonyl (C=O) groups excluding carboxylic acids is 2. The number of nitrogens with zero attached hydrogens (tertiary/aromatic N) is 2. The molecule has 4 N–H and O–H groups in total. The van der Waals surface area contributed by atoms with Gasteiger partial charge in [-0.1, -0.05) is 19.9 Å². The predicted octanol–water partition coefficient (Wildman–Crippen LogP) is 0.181. The van der Waals surface area contributed by atoms with Crippen molar-refractivity contribution in [3.05, 3.63) is 30.1 Å². The second kappa shape index (κ2) is 9.86. The van der Waals surface area contributed by atoms with E-state index in [1.165, 1.54) is 4.90 Å². The fraction of sp³-hybridized carbons (Fsp3) is 0.556. The van der Waals surface area contributed by atoms with Crippen LogP contribution in [0.3, 0.4) is 0 Å². The highest BCUT2D eigenvalue weighted by molar-refractivity contribution is 5.90. The standard InChI is InChI=1S/C18H27N5O4/c1-12(2)8-14(16(24)21-10-13-4-3-5-19-9-13)22-17(25)15-11-23(18(26)27)7-6-20-15/h3-5,9,12,14-15,20H,6-8,10-11H2,1-2H3,(H,21,24)(H,22,25)(H,26,27)/t14-,15-/m0/s1. The average molecular weight is 377 g/mol. The summed E-state index contributed by atoms with van der Waals surface area (Å²) in [6, 6.07) is 2.29. The fourth-order valence-electron chi connectivity index (χ4n) is 2.89. The third kappa shape index (κ3) is 6.52. The molecule has 3 amide bonds. The van der Waals surface area contributed by atoms with E-state index in [1.807, 2.05) is 19.9 Å². The van der Waals surface area contributed by atoms with E-state index in [2.05, 4.69) is 20.9 Å². The molecule has 0 unspecified atom stereocenters. The minimum Gasteiger partial charge on any atom is -0.465 e. The summed E-state index contributed by atoms with van der Waals surface area (Å²) in [6.45, 7) is 5.06. The smallest absolute Gasteiger partial charge is 0.407 e. The Morgan fingerprint density at radius 1 is 1.41 bits per heavy atom. The third-order valence-electron chi connectivity index (χ3n) is 4.29. The molecule has 9 nitrogen and oxygen atoms in total. The van der Waals surface area contributed by atoms with Crippen LogP contribution >= 0.6 is 0 Å². The number of aromatic nitrogens is 1. The third-order valence-corrected chi connectivity index (χ3v) is 4.29. The van der Waals surface area contributed by atoms with Gasteiger partial charge in [0.2, 0.25) is 11.8 Å². The molecule has 2 rings (SSSR count). The lowest BCUT2D eigenvalue weighted by Crippen LogP contribution is -2.60. The van der Waals surface area contributed by atoms with E-state index < -0.39 is 18.2 Å². The molecule has 0 bridgehead atoms. The van der Waals surface area contributed by atoms with Crippen molar-refractivity contribution < 1.29 is 19.5 Å². The summed E-state index contributed by atoms with van der Waals surface area (Å²) in [6.07, 6.45) is 2.76. The fourth-order valence-corrected chi connectivity index (χ4v) is 2.89. The molecular weight excluding hydrogens is 350 g/mol. The second-order valence-electron chi connectivity index (χ2n) is 7.01. The number of rotatable bonds is 7. The molecule has 2 heterocycles. The Morgan fingerprint density at radius 2 is 2.19 bits per heavy atom. The van der Waals surface area contributed by atoms with Crippen molar-refractivity contribution in [2.75, 3.05) is 19.6 Å². The number of amides is 3. The molecular formula is C18H27N5O4. The van der Waals surface area contributed by atoms with E-state index in [4.69, 9.17) is 5.11 Å². The molecule has 0 aromatic carbocycles. The van der Waals surface area contributed by atoms with Gasteiger partial charge in [-0.05, 0) is 24.0 Å². The number of carboxylic acid groups (broad SMARTS) is 1. The Balaban J connectivity index is 1.95. The molecule has 9 heteroatoms. The van der Waals surface area contributed by atoms with Gasteiger partial charge in [0.05, 0.1) is 0 Å². The van der Waals surface area contributed by atoms with Gasteiger partial charge < -0.3 is 26.0 Å². The van der Waals surface area contributed by atoms with Crippen molar-refractivity contribution in [1.82, 2.24) is 25.8 Å². The van der Waals surface area contributed by atoms with Gasteiger partial charge in [-0.2, -0.15) is 0 Å². The summed E-state index contributed by atoms with van der Waals surface area (Å²) in [4.78, 5) is 41.4. The Hall–Kier alpha value is -2.68. The quantitative estimate of drug-likeness (QED) is 0.537. The van der Waals surface area contributed by atoms with Crippen molar-refractivity contribution >= 4 is 17.9 Å². The zero-order chi connectivity index (χ0) is 19.8. The van der Waals surface area contributed by atoms with E-state index in [-0.39, 0.29) is 24.3 Å². The number of piperazine rings is 1. The maximum atomic E-state index is 12.6. The molecule has 1 aliphatic heterocycles. The van der Waals surface area contributed by atoms with Gasteiger partial charge >= 0.3 is 6.09 Å². The molecule has 1 aromatic rings. The summed E-state index contributed by atoms with van der Waals surface area (Å²) in [5.41, 5.74) is 0.867. The molecule has 27 heavy (non-hydrogen) atoms. The number of hydrogen-bond acceptors (Lipinski definition) is 5. The Kier molecular flexibility index (Phi) is 7.54. The molecule has 0 aliphatic carbocycles. The Morgan fingerprint density at radius 3 is 2.81 bits per heavy atom. The van der Waals surface area contributed by atoms with Gasteiger partial charge in [-0.25, -0.2) is 4.79 Å². The van der Waals surface area contributed by atoms with Gasteiger partial charge in [-0.15, -0.1) is 0 Å². The first kappa shape index (κ1) is 20.6. The first-order valence-corrected chi connectivity index (χ1v) is 9.05. The maximum Gasteiger partial charge on any atom is 0.407 e. The van der Waals surface area contributed by atoms with Gasteiger partial charge in [0.15, 0.2) is 0 Å². The minimum absolute atomic E-state index is 0.0624. The molecule has 0 spiro atoms. The summed E-state index contributed by atoms with van der Waals surface area (Å²) < 4.78 is 0. The number of hydrogen-bond donors (Lipinski definition) is 4. The van der Waals surface area contributed by atoms with Crippen molar-refractivity contribution in [3.63, 3.8) is 0 Å². The Bertz CT molecular complexity index is 652. The molecule has 0 radical (unpaired) electrons. The first-order chi connectivity index (χ1) is 12.9. The summed E-state index contributed by atoms with van der Waals surface area (Å²) >= 11 is 0. The lowest BCUT2D eigenvalue weighted by atomic mass is 10.0. The van der Waals surface area contributed by atoms with E-state index in [0.717, 1.165) is 5.56 Å². The average Bonchev–Trinajstić information content (AvgIpc) is 2.66. The first-order valence-electron chi connectivity index (χ1n) is 9.05. The number of pyridine rings is 1. The highest BCUT2D eigenvalue weighted by Crippen LogP contribution is 2.07. The lowest BCUT2D eigenvalue weighted by molar-refractivity contribution is -0.131. The molecule has 1 fully saturated rings. The van der Waals surface area contributed by atoms with Crippen molar-refractivity contribution in [2.24, 2.45) is 5.92 Å². The van der Waals surface area contributed by atoms with Crippen molar-refractivity contribution in [2.45, 2.75) is 38.9 Å². The van der Waals surface area contributed by atoms with Gasteiger partial charge in [-0.3, -0.25) is 14.6 Å². The van der Waals surface area contributed by atoms with E-state index in [9.17, 15) is 14.4 Å². The van der Waals surface area contributed by atoms with Crippen LogP contribution in [0.2, 0.25) is 0 Å². The van der Waals surface area contributed by atoms with Crippen LogP contribution < -0.4 is 16.0 Å².